The Bertz CT molecular complexity index is 464. The van der Waals surface area contributed by atoms with Crippen LogP contribution in [0.2, 0.25) is 0 Å². The van der Waals surface area contributed by atoms with Crippen molar-refractivity contribution in [3.63, 3.8) is 0 Å². The molecule has 1 aromatic heterocycles. The highest BCUT2D eigenvalue weighted by atomic mass is 127. The van der Waals surface area contributed by atoms with Gasteiger partial charge in [0.05, 0.1) is 15.9 Å². The molecule has 1 aromatic rings. The molecule has 0 bridgehead atoms. The van der Waals surface area contributed by atoms with Crippen LogP contribution in [-0.2, 0) is 16.1 Å². The van der Waals surface area contributed by atoms with E-state index in [9.17, 15) is 0 Å². The van der Waals surface area contributed by atoms with Crippen LogP contribution < -0.4 is 5.32 Å². The van der Waals surface area contributed by atoms with Gasteiger partial charge in [0.25, 0.3) is 0 Å². The van der Waals surface area contributed by atoms with Gasteiger partial charge in [-0.1, -0.05) is 19.3 Å². The van der Waals surface area contributed by atoms with Gasteiger partial charge in [0.2, 0.25) is 0 Å². The molecule has 1 aliphatic carbocycles. The van der Waals surface area contributed by atoms with Crippen molar-refractivity contribution in [1.29, 1.82) is 0 Å². The van der Waals surface area contributed by atoms with Crippen LogP contribution >= 0.6 is 22.6 Å². The number of ether oxygens (including phenoxy) is 2. The van der Waals surface area contributed by atoms with Gasteiger partial charge in [-0.15, -0.1) is 0 Å². The number of nitrogens with zero attached hydrogens (tertiary/aromatic N) is 2. The van der Waals surface area contributed by atoms with Crippen LogP contribution in [-0.4, -0.2) is 31.2 Å². The second-order valence-corrected chi connectivity index (χ2v) is 6.51. The number of aromatic nitrogens is 2. The summed E-state index contributed by atoms with van der Waals surface area (Å²) in [7, 11) is 5.33. The lowest BCUT2D eigenvalue weighted by molar-refractivity contribution is 0.0285. The van der Waals surface area contributed by atoms with Crippen molar-refractivity contribution in [3.05, 3.63) is 15.1 Å². The predicted octanol–water partition coefficient (Wildman–Crippen LogP) is 3.54. The first-order valence-corrected chi connectivity index (χ1v) is 8.55. The highest BCUT2D eigenvalue weighted by Gasteiger charge is 2.28. The molecule has 118 valence electrons. The largest absolute Gasteiger partial charge is 0.378 e. The lowest BCUT2D eigenvalue weighted by Gasteiger charge is -2.28. The van der Waals surface area contributed by atoms with Gasteiger partial charge in [-0.05, 0) is 41.4 Å². The van der Waals surface area contributed by atoms with Crippen LogP contribution in [0.3, 0.4) is 0 Å². The fraction of sp³-hybridized carbons (Fsp3) is 0.733. The summed E-state index contributed by atoms with van der Waals surface area (Å²) in [6, 6.07) is 0. The smallest absolute Gasteiger partial charge is 0.160 e. The summed E-state index contributed by atoms with van der Waals surface area (Å²) in [6.07, 6.45) is 6.25. The van der Waals surface area contributed by atoms with Crippen molar-refractivity contribution in [2.24, 2.45) is 5.92 Å². The summed E-state index contributed by atoms with van der Waals surface area (Å²) in [5.41, 5.74) is 0.922. The van der Waals surface area contributed by atoms with Gasteiger partial charge < -0.3 is 14.8 Å². The summed E-state index contributed by atoms with van der Waals surface area (Å²) in [5.74, 6) is 2.15. The van der Waals surface area contributed by atoms with Crippen LogP contribution in [0, 0.1) is 9.49 Å². The van der Waals surface area contributed by atoms with Gasteiger partial charge in [0, 0.05) is 21.3 Å². The first-order chi connectivity index (χ1) is 10.2. The van der Waals surface area contributed by atoms with E-state index in [1.165, 1.54) is 32.1 Å². The van der Waals surface area contributed by atoms with E-state index in [0.717, 1.165) is 20.9 Å². The number of nitrogens with one attached hydrogen (secondary N) is 1. The van der Waals surface area contributed by atoms with Crippen molar-refractivity contribution < 1.29 is 9.47 Å². The molecule has 21 heavy (non-hydrogen) atoms. The van der Waals surface area contributed by atoms with Gasteiger partial charge in [-0.2, -0.15) is 0 Å². The number of hydrogen-bond donors (Lipinski definition) is 1. The second kappa shape index (κ2) is 8.24. The molecule has 1 fully saturated rings. The van der Waals surface area contributed by atoms with Crippen LogP contribution in [0.25, 0.3) is 0 Å². The van der Waals surface area contributed by atoms with E-state index in [2.05, 4.69) is 32.9 Å². The Morgan fingerprint density at radius 2 is 1.95 bits per heavy atom. The van der Waals surface area contributed by atoms with E-state index in [-0.39, 0.29) is 6.10 Å². The first-order valence-electron chi connectivity index (χ1n) is 7.47. The molecule has 0 aliphatic heterocycles. The standard InChI is InChI=1S/C15H24IN3O2/c1-17-14-12(16)11(9-20-2)18-15(19-14)13(21-3)10-7-5-4-6-8-10/h10,13H,4-9H2,1-3H3,(H,17,18,19). The molecule has 1 N–H and O–H groups in total. The molecular weight excluding hydrogens is 381 g/mol. The molecule has 1 aliphatic rings. The minimum atomic E-state index is -0.0231. The Balaban J connectivity index is 2.33. The lowest BCUT2D eigenvalue weighted by atomic mass is 9.85. The highest BCUT2D eigenvalue weighted by molar-refractivity contribution is 14.1. The first kappa shape index (κ1) is 16.9. The molecule has 2 rings (SSSR count). The molecule has 0 spiro atoms. The topological polar surface area (TPSA) is 56.3 Å². The molecule has 5 nitrogen and oxygen atoms in total. The Morgan fingerprint density at radius 3 is 2.52 bits per heavy atom. The molecular formula is C15H24IN3O2. The zero-order chi connectivity index (χ0) is 15.2. The third-order valence-electron chi connectivity index (χ3n) is 4.04. The van der Waals surface area contributed by atoms with E-state index in [1.807, 2.05) is 7.05 Å². The van der Waals surface area contributed by atoms with E-state index in [0.29, 0.717) is 12.5 Å². The van der Waals surface area contributed by atoms with Crippen molar-refractivity contribution in [1.82, 2.24) is 9.97 Å². The SMILES string of the molecule is CNc1nc(C(OC)C2CCCCC2)nc(COC)c1I. The van der Waals surface area contributed by atoms with Crippen molar-refractivity contribution in [2.45, 2.75) is 44.8 Å². The summed E-state index contributed by atoms with van der Waals surface area (Å²) in [5, 5.41) is 3.15. The van der Waals surface area contributed by atoms with Crippen molar-refractivity contribution in [3.8, 4) is 0 Å². The number of methoxy groups -OCH3 is 2. The summed E-state index contributed by atoms with van der Waals surface area (Å²) >= 11 is 2.26. The normalized spacial score (nSPS) is 17.7. The summed E-state index contributed by atoms with van der Waals surface area (Å²) in [4.78, 5) is 9.38. The van der Waals surface area contributed by atoms with Crippen LogP contribution in [0.5, 0.6) is 0 Å². The number of halogens is 1. The van der Waals surface area contributed by atoms with E-state index >= 15 is 0 Å². The van der Waals surface area contributed by atoms with Gasteiger partial charge in [0.15, 0.2) is 5.82 Å². The number of hydrogen-bond acceptors (Lipinski definition) is 5. The molecule has 0 saturated heterocycles. The fourth-order valence-corrected chi connectivity index (χ4v) is 3.65. The molecule has 0 aromatic carbocycles. The Labute approximate surface area is 140 Å². The highest BCUT2D eigenvalue weighted by Crippen LogP contribution is 2.36. The fourth-order valence-electron chi connectivity index (χ4n) is 2.98. The Kier molecular flexibility index (Phi) is 6.63. The van der Waals surface area contributed by atoms with Crippen molar-refractivity contribution >= 4 is 28.4 Å². The van der Waals surface area contributed by atoms with Crippen LogP contribution in [0.15, 0.2) is 0 Å². The molecule has 1 saturated carbocycles. The van der Waals surface area contributed by atoms with E-state index in [4.69, 9.17) is 14.5 Å². The molecule has 1 heterocycles. The van der Waals surface area contributed by atoms with Crippen LogP contribution in [0.4, 0.5) is 5.82 Å². The maximum Gasteiger partial charge on any atom is 0.160 e. The van der Waals surface area contributed by atoms with Gasteiger partial charge in [-0.25, -0.2) is 9.97 Å². The Hall–Kier alpha value is -0.470. The lowest BCUT2D eigenvalue weighted by Crippen LogP contribution is -2.21. The third kappa shape index (κ3) is 4.04. The van der Waals surface area contributed by atoms with Crippen LogP contribution in [0.1, 0.15) is 49.7 Å². The monoisotopic (exact) mass is 405 g/mol. The van der Waals surface area contributed by atoms with Gasteiger partial charge in [-0.3, -0.25) is 0 Å². The third-order valence-corrected chi connectivity index (χ3v) is 5.17. The molecule has 0 radical (unpaired) electrons. The maximum atomic E-state index is 5.75. The maximum absolute atomic E-state index is 5.75. The van der Waals surface area contributed by atoms with Crippen molar-refractivity contribution in [2.75, 3.05) is 26.6 Å². The second-order valence-electron chi connectivity index (χ2n) is 5.43. The predicted molar refractivity (Wildman–Crippen MR) is 91.3 cm³/mol. The average molecular weight is 405 g/mol. The molecule has 6 heteroatoms. The molecule has 1 atom stereocenters. The van der Waals surface area contributed by atoms with Gasteiger partial charge >= 0.3 is 0 Å². The Morgan fingerprint density at radius 1 is 1.24 bits per heavy atom. The molecule has 0 amide bonds. The number of rotatable bonds is 6. The molecule has 1 unspecified atom stereocenters. The zero-order valence-electron chi connectivity index (χ0n) is 13.0. The summed E-state index contributed by atoms with van der Waals surface area (Å²) < 4.78 is 12.0. The van der Waals surface area contributed by atoms with E-state index < -0.39 is 0 Å². The zero-order valence-corrected chi connectivity index (χ0v) is 15.1. The quantitative estimate of drug-likeness (QED) is 0.734. The summed E-state index contributed by atoms with van der Waals surface area (Å²) in [6.45, 7) is 0.490. The average Bonchev–Trinajstić information content (AvgIpc) is 2.52. The number of anilines is 1. The minimum absolute atomic E-state index is 0.0231. The van der Waals surface area contributed by atoms with E-state index in [1.54, 1.807) is 14.2 Å². The van der Waals surface area contributed by atoms with Gasteiger partial charge in [0.1, 0.15) is 11.9 Å². The minimum Gasteiger partial charge on any atom is -0.378 e.